The minimum atomic E-state index is -0.961. The Morgan fingerprint density at radius 3 is 2.68 bits per heavy atom. The highest BCUT2D eigenvalue weighted by Gasteiger charge is 2.39. The van der Waals surface area contributed by atoms with E-state index in [1.165, 1.54) is 6.07 Å². The second kappa shape index (κ2) is 11.7. The Balaban J connectivity index is 1.09. The molecule has 0 amide bonds. The zero-order valence-electron chi connectivity index (χ0n) is 25.2. The van der Waals surface area contributed by atoms with Crippen LogP contribution in [0.2, 0.25) is 5.02 Å². The van der Waals surface area contributed by atoms with Gasteiger partial charge >= 0.3 is 0 Å². The van der Waals surface area contributed by atoms with Gasteiger partial charge in [-0.3, -0.25) is 4.90 Å². The number of halogens is 2. The number of fused-ring (bicyclic) bond motifs is 2. The van der Waals surface area contributed by atoms with E-state index in [-0.39, 0.29) is 12.7 Å². The molecule has 44 heavy (non-hydrogen) atoms. The number of hydrogen-bond acceptors (Lipinski definition) is 6. The standard InChI is InChI=1S/C35H37ClFN3O4/c1-22(41-3)24-7-10-30-31(17-24)40(19-26-13-16-42-26)33(38-30)20-39-14-11-23(12-15-39)27-5-4-6-32-34(27)44-35(2,21-43-32)28-9-8-25(36)18-29(28)37/h4-10,17-18,23,26H,1,11-16,19-21H2,2-3H3/t26-,35?/m0/s1. The summed E-state index contributed by atoms with van der Waals surface area (Å²) in [4.78, 5) is 7.53. The molecule has 3 aromatic carbocycles. The molecule has 7 nitrogen and oxygen atoms in total. The zero-order chi connectivity index (χ0) is 30.4. The van der Waals surface area contributed by atoms with E-state index in [1.54, 1.807) is 19.2 Å². The Morgan fingerprint density at radius 1 is 1.14 bits per heavy atom. The zero-order valence-corrected chi connectivity index (χ0v) is 25.9. The highest BCUT2D eigenvalue weighted by Crippen LogP contribution is 2.46. The molecule has 2 fully saturated rings. The number of nitrogens with zero attached hydrogens (tertiary/aromatic N) is 3. The number of hydrogen-bond donors (Lipinski definition) is 0. The molecule has 2 saturated heterocycles. The molecule has 1 aromatic heterocycles. The van der Waals surface area contributed by atoms with Gasteiger partial charge in [0.15, 0.2) is 17.1 Å². The molecule has 230 valence electrons. The maximum atomic E-state index is 14.9. The normalized spacial score (nSPS) is 22.1. The Bertz CT molecular complexity index is 1710. The molecule has 0 aliphatic carbocycles. The van der Waals surface area contributed by atoms with Crippen LogP contribution in [0.1, 0.15) is 54.6 Å². The summed E-state index contributed by atoms with van der Waals surface area (Å²) in [7, 11) is 1.64. The number of ether oxygens (including phenoxy) is 4. The topological polar surface area (TPSA) is 58.0 Å². The molecule has 0 saturated carbocycles. The average Bonchev–Trinajstić information content (AvgIpc) is 3.34. The van der Waals surface area contributed by atoms with Crippen molar-refractivity contribution in [2.24, 2.45) is 0 Å². The summed E-state index contributed by atoms with van der Waals surface area (Å²) in [5, 5.41) is 0.355. The maximum absolute atomic E-state index is 14.9. The summed E-state index contributed by atoms with van der Waals surface area (Å²) in [6, 6.07) is 16.9. The number of rotatable bonds is 8. The first-order chi connectivity index (χ1) is 21.3. The lowest BCUT2D eigenvalue weighted by Crippen LogP contribution is -2.41. The van der Waals surface area contributed by atoms with Gasteiger partial charge in [0.1, 0.15) is 24.0 Å². The molecule has 7 rings (SSSR count). The van der Waals surface area contributed by atoms with Crippen LogP contribution in [-0.4, -0.2) is 54.0 Å². The van der Waals surface area contributed by atoms with Crippen LogP contribution in [0.4, 0.5) is 4.39 Å². The molecular weight excluding hydrogens is 581 g/mol. The SMILES string of the molecule is C=C(OC)c1ccc2nc(CN3CCC(c4cccc5c4OC(C)(c4ccc(Cl)cc4F)CO5)CC3)n(C[C@@H]3CCO3)c2c1. The summed E-state index contributed by atoms with van der Waals surface area (Å²) in [6.45, 7) is 10.3. The third kappa shape index (κ3) is 5.44. The van der Waals surface area contributed by atoms with Crippen molar-refractivity contribution in [3.05, 3.63) is 94.5 Å². The van der Waals surface area contributed by atoms with Crippen LogP contribution in [0.15, 0.2) is 61.2 Å². The predicted octanol–water partition coefficient (Wildman–Crippen LogP) is 7.30. The average molecular weight is 618 g/mol. The number of benzene rings is 3. The van der Waals surface area contributed by atoms with Crippen molar-refractivity contribution in [3.8, 4) is 11.5 Å². The molecule has 4 aromatic rings. The smallest absolute Gasteiger partial charge is 0.168 e. The van der Waals surface area contributed by atoms with Crippen molar-refractivity contribution in [2.45, 2.75) is 56.9 Å². The minimum Gasteiger partial charge on any atom is -0.497 e. The van der Waals surface area contributed by atoms with E-state index in [1.807, 2.05) is 31.2 Å². The van der Waals surface area contributed by atoms with Gasteiger partial charge in [-0.1, -0.05) is 36.4 Å². The highest BCUT2D eigenvalue weighted by atomic mass is 35.5. The van der Waals surface area contributed by atoms with Gasteiger partial charge < -0.3 is 23.5 Å². The lowest BCUT2D eigenvalue weighted by molar-refractivity contribution is -0.0592. The fourth-order valence-corrected chi connectivity index (χ4v) is 6.78. The molecule has 3 aliphatic rings. The number of piperidine rings is 1. The Morgan fingerprint density at radius 2 is 1.95 bits per heavy atom. The summed E-state index contributed by atoms with van der Waals surface area (Å²) in [6.07, 6.45) is 3.21. The van der Waals surface area contributed by atoms with Gasteiger partial charge in [-0.2, -0.15) is 0 Å². The van der Waals surface area contributed by atoms with Crippen LogP contribution in [-0.2, 0) is 28.2 Å². The highest BCUT2D eigenvalue weighted by molar-refractivity contribution is 6.30. The van der Waals surface area contributed by atoms with Crippen LogP contribution in [0.25, 0.3) is 16.8 Å². The number of para-hydroxylation sites is 1. The van der Waals surface area contributed by atoms with Gasteiger partial charge in [-0.05, 0) is 81.6 Å². The van der Waals surface area contributed by atoms with E-state index in [4.69, 9.17) is 35.5 Å². The predicted molar refractivity (Wildman–Crippen MR) is 169 cm³/mol. The third-order valence-electron chi connectivity index (χ3n) is 9.31. The van der Waals surface area contributed by atoms with Crippen LogP contribution in [0, 0.1) is 5.82 Å². The van der Waals surface area contributed by atoms with Gasteiger partial charge in [0.25, 0.3) is 0 Å². The number of methoxy groups -OCH3 is 1. The minimum absolute atomic E-state index is 0.213. The molecule has 1 unspecified atom stereocenters. The fourth-order valence-electron chi connectivity index (χ4n) is 6.62. The van der Waals surface area contributed by atoms with Gasteiger partial charge in [0.05, 0.1) is 37.3 Å². The molecule has 0 bridgehead atoms. The quantitative estimate of drug-likeness (QED) is 0.193. The lowest BCUT2D eigenvalue weighted by atomic mass is 9.87. The second-order valence-electron chi connectivity index (χ2n) is 12.2. The molecule has 4 heterocycles. The lowest BCUT2D eigenvalue weighted by Gasteiger charge is -2.39. The Kier molecular flexibility index (Phi) is 7.77. The first-order valence-corrected chi connectivity index (χ1v) is 15.7. The number of imidazole rings is 1. The Hall–Kier alpha value is -3.59. The van der Waals surface area contributed by atoms with Crippen molar-refractivity contribution in [1.82, 2.24) is 14.5 Å². The van der Waals surface area contributed by atoms with E-state index in [9.17, 15) is 4.39 Å². The molecule has 0 radical (unpaired) electrons. The second-order valence-corrected chi connectivity index (χ2v) is 12.7. The van der Waals surface area contributed by atoms with Crippen LogP contribution < -0.4 is 9.47 Å². The summed E-state index contributed by atoms with van der Waals surface area (Å²) in [5.41, 5.74) is 3.59. The molecule has 9 heteroatoms. The van der Waals surface area contributed by atoms with Crippen molar-refractivity contribution in [1.29, 1.82) is 0 Å². The third-order valence-corrected chi connectivity index (χ3v) is 9.54. The van der Waals surface area contributed by atoms with Gasteiger partial charge in [-0.15, -0.1) is 0 Å². The molecular formula is C35H37ClFN3O4. The van der Waals surface area contributed by atoms with E-state index < -0.39 is 11.4 Å². The molecule has 0 spiro atoms. The summed E-state index contributed by atoms with van der Waals surface area (Å²) in [5.74, 6) is 3.01. The summed E-state index contributed by atoms with van der Waals surface area (Å²) < 4.78 is 41.2. The summed E-state index contributed by atoms with van der Waals surface area (Å²) >= 11 is 6.02. The van der Waals surface area contributed by atoms with Gasteiger partial charge in [0, 0.05) is 28.3 Å². The van der Waals surface area contributed by atoms with Gasteiger partial charge in [-0.25, -0.2) is 9.37 Å². The maximum Gasteiger partial charge on any atom is 0.168 e. The van der Waals surface area contributed by atoms with E-state index in [2.05, 4.69) is 28.2 Å². The van der Waals surface area contributed by atoms with E-state index in [0.717, 1.165) is 80.0 Å². The van der Waals surface area contributed by atoms with Crippen LogP contribution in [0.3, 0.4) is 0 Å². The van der Waals surface area contributed by atoms with E-state index >= 15 is 0 Å². The first kappa shape index (κ1) is 29.1. The van der Waals surface area contributed by atoms with Crippen LogP contribution >= 0.6 is 11.6 Å². The largest absolute Gasteiger partial charge is 0.497 e. The van der Waals surface area contributed by atoms with Crippen molar-refractivity contribution in [2.75, 3.05) is 33.4 Å². The molecule has 0 N–H and O–H groups in total. The first-order valence-electron chi connectivity index (χ1n) is 15.3. The van der Waals surface area contributed by atoms with Crippen molar-refractivity contribution < 1.29 is 23.3 Å². The number of aromatic nitrogens is 2. The molecule has 2 atom stereocenters. The van der Waals surface area contributed by atoms with E-state index in [0.29, 0.717) is 33.8 Å². The molecule has 3 aliphatic heterocycles. The van der Waals surface area contributed by atoms with Crippen molar-refractivity contribution in [3.63, 3.8) is 0 Å². The van der Waals surface area contributed by atoms with Crippen molar-refractivity contribution >= 4 is 28.4 Å². The fraction of sp³-hybridized carbons (Fsp3) is 0.400. The monoisotopic (exact) mass is 617 g/mol. The Labute approximate surface area is 262 Å². The van der Waals surface area contributed by atoms with Gasteiger partial charge in [0.2, 0.25) is 0 Å². The van der Waals surface area contributed by atoms with Crippen LogP contribution in [0.5, 0.6) is 11.5 Å². The number of likely N-dealkylation sites (tertiary alicyclic amines) is 1.